The Bertz CT molecular complexity index is 685. The number of rotatable bonds is 1. The molecule has 22 heavy (non-hydrogen) atoms. The van der Waals surface area contributed by atoms with Crippen molar-refractivity contribution >= 4 is 5.78 Å². The predicted molar refractivity (Wildman–Crippen MR) is 81.6 cm³/mol. The zero-order chi connectivity index (χ0) is 15.1. The van der Waals surface area contributed by atoms with Gasteiger partial charge in [-0.05, 0) is 50.4 Å². The molecule has 2 fully saturated rings. The first-order valence-corrected chi connectivity index (χ1v) is 8.27. The molecule has 4 heteroatoms. The third-order valence-electron chi connectivity index (χ3n) is 6.59. The number of piperidine rings is 1. The minimum absolute atomic E-state index is 0.0933. The molecule has 1 aromatic carbocycles. The van der Waals surface area contributed by atoms with Crippen molar-refractivity contribution in [2.75, 3.05) is 20.7 Å². The van der Waals surface area contributed by atoms with E-state index in [4.69, 9.17) is 9.47 Å². The zero-order valence-electron chi connectivity index (χ0n) is 13.1. The minimum Gasteiger partial charge on any atom is -0.493 e. The fraction of sp³-hybridized carbons (Fsp3) is 0.611. The largest absolute Gasteiger partial charge is 0.493 e. The Kier molecular flexibility index (Phi) is 2.38. The smallest absolute Gasteiger partial charge is 0.174 e. The maximum absolute atomic E-state index is 12.6. The molecule has 1 saturated carbocycles. The standard InChI is InChI=1S/C18H21NO3/c1-19-8-7-18-11-4-5-13(20)17(18)22-16-14(21-2)6-3-10(15(16)18)9-12(11)19/h3,6,11-12,17H,4-5,7-9H2,1-2H3/t11-,12-,17+,18+/m1/s1. The van der Waals surface area contributed by atoms with E-state index in [0.29, 0.717) is 18.4 Å². The van der Waals surface area contributed by atoms with Gasteiger partial charge in [0.1, 0.15) is 0 Å². The predicted octanol–water partition coefficient (Wildman–Crippen LogP) is 1.93. The lowest BCUT2D eigenvalue weighted by Crippen LogP contribution is -2.65. The van der Waals surface area contributed by atoms with E-state index in [1.165, 1.54) is 11.1 Å². The highest BCUT2D eigenvalue weighted by atomic mass is 16.5. The molecule has 1 aromatic rings. The number of ether oxygens (including phenoxy) is 2. The molecule has 2 heterocycles. The number of hydrogen-bond acceptors (Lipinski definition) is 4. The summed E-state index contributed by atoms with van der Waals surface area (Å²) in [5.41, 5.74) is 2.57. The van der Waals surface area contributed by atoms with Crippen LogP contribution in [0, 0.1) is 5.92 Å². The van der Waals surface area contributed by atoms with E-state index in [0.717, 1.165) is 37.3 Å². The first kappa shape index (κ1) is 12.9. The van der Waals surface area contributed by atoms with Crippen molar-refractivity contribution < 1.29 is 14.3 Å². The summed E-state index contributed by atoms with van der Waals surface area (Å²) >= 11 is 0. The van der Waals surface area contributed by atoms with Crippen LogP contribution in [0.2, 0.25) is 0 Å². The third-order valence-corrected chi connectivity index (χ3v) is 6.59. The molecule has 1 saturated heterocycles. The number of carbonyl (C=O) groups excluding carboxylic acids is 1. The van der Waals surface area contributed by atoms with Crippen molar-refractivity contribution in [1.29, 1.82) is 0 Å². The minimum atomic E-state index is -0.284. The van der Waals surface area contributed by atoms with Crippen molar-refractivity contribution in [2.24, 2.45) is 5.92 Å². The molecule has 4 atom stereocenters. The van der Waals surface area contributed by atoms with Gasteiger partial charge in [-0.25, -0.2) is 0 Å². The second-order valence-corrected chi connectivity index (χ2v) is 7.28. The highest BCUT2D eigenvalue weighted by Gasteiger charge is 2.65. The van der Waals surface area contributed by atoms with Crippen LogP contribution in [0.4, 0.5) is 0 Å². The van der Waals surface area contributed by atoms with Crippen molar-refractivity contribution in [3.8, 4) is 11.5 Å². The number of benzene rings is 1. The van der Waals surface area contributed by atoms with Gasteiger partial charge in [0.15, 0.2) is 23.4 Å². The Labute approximate surface area is 130 Å². The van der Waals surface area contributed by atoms with Gasteiger partial charge in [0.2, 0.25) is 0 Å². The number of carbonyl (C=O) groups is 1. The quantitative estimate of drug-likeness (QED) is 0.794. The summed E-state index contributed by atoms with van der Waals surface area (Å²) in [6.45, 7) is 1.05. The van der Waals surface area contributed by atoms with Crippen LogP contribution in [-0.2, 0) is 16.6 Å². The summed E-state index contributed by atoms with van der Waals surface area (Å²) in [6, 6.07) is 4.73. The highest BCUT2D eigenvalue weighted by Crippen LogP contribution is 2.62. The van der Waals surface area contributed by atoms with Crippen molar-refractivity contribution in [1.82, 2.24) is 4.90 Å². The molecule has 4 aliphatic rings. The van der Waals surface area contributed by atoms with Crippen LogP contribution >= 0.6 is 0 Å². The number of likely N-dealkylation sites (N-methyl/N-ethyl adjacent to an activating group) is 1. The SMILES string of the molecule is COc1ccc2c3c1O[C@H]1C(=O)CC[C@@H]4[C@@H](C2)N(C)CC[C@@]341. The van der Waals surface area contributed by atoms with E-state index in [1.54, 1.807) is 7.11 Å². The van der Waals surface area contributed by atoms with Gasteiger partial charge in [-0.3, -0.25) is 4.79 Å². The Morgan fingerprint density at radius 1 is 1.41 bits per heavy atom. The summed E-state index contributed by atoms with van der Waals surface area (Å²) < 4.78 is 11.8. The zero-order valence-corrected chi connectivity index (χ0v) is 13.1. The van der Waals surface area contributed by atoms with Crippen LogP contribution in [0.5, 0.6) is 11.5 Å². The molecule has 2 aliphatic carbocycles. The summed E-state index contributed by atoms with van der Waals surface area (Å²) in [4.78, 5) is 15.1. The van der Waals surface area contributed by atoms with E-state index in [1.807, 2.05) is 6.07 Å². The van der Waals surface area contributed by atoms with Gasteiger partial charge in [-0.2, -0.15) is 0 Å². The number of nitrogens with zero attached hydrogens (tertiary/aromatic N) is 1. The Morgan fingerprint density at radius 2 is 2.27 bits per heavy atom. The number of ketones is 1. The number of hydrogen-bond donors (Lipinski definition) is 0. The van der Waals surface area contributed by atoms with Crippen LogP contribution in [0.1, 0.15) is 30.4 Å². The van der Waals surface area contributed by atoms with Gasteiger partial charge in [-0.1, -0.05) is 6.07 Å². The first-order valence-electron chi connectivity index (χ1n) is 8.27. The molecule has 4 nitrogen and oxygen atoms in total. The Morgan fingerprint density at radius 3 is 3.09 bits per heavy atom. The lowest BCUT2D eigenvalue weighted by Gasteiger charge is -2.57. The molecule has 1 spiro atoms. The molecular weight excluding hydrogens is 278 g/mol. The molecule has 2 bridgehead atoms. The fourth-order valence-corrected chi connectivity index (χ4v) is 5.67. The van der Waals surface area contributed by atoms with Crippen LogP contribution in [0.15, 0.2) is 12.1 Å². The van der Waals surface area contributed by atoms with Gasteiger partial charge < -0.3 is 14.4 Å². The average molecular weight is 299 g/mol. The van der Waals surface area contributed by atoms with E-state index >= 15 is 0 Å². The second kappa shape index (κ2) is 4.05. The molecule has 0 N–H and O–H groups in total. The van der Waals surface area contributed by atoms with Crippen molar-refractivity contribution in [2.45, 2.75) is 43.2 Å². The molecular formula is C18H21NO3. The first-order chi connectivity index (χ1) is 10.7. The molecule has 0 unspecified atom stereocenters. The maximum atomic E-state index is 12.6. The third kappa shape index (κ3) is 1.27. The normalized spacial score (nSPS) is 38.5. The topological polar surface area (TPSA) is 38.8 Å². The number of methoxy groups -OCH3 is 1. The highest BCUT2D eigenvalue weighted by molar-refractivity contribution is 5.89. The summed E-state index contributed by atoms with van der Waals surface area (Å²) in [5.74, 6) is 2.46. The van der Waals surface area contributed by atoms with Gasteiger partial charge in [0.05, 0.1) is 7.11 Å². The lowest BCUT2D eigenvalue weighted by atomic mass is 9.52. The number of Topliss-reactive ketones (excluding diaryl/α,β-unsaturated/α-hetero) is 1. The van der Waals surface area contributed by atoms with Crippen LogP contribution in [0.3, 0.4) is 0 Å². The van der Waals surface area contributed by atoms with Crippen LogP contribution in [-0.4, -0.2) is 43.5 Å². The maximum Gasteiger partial charge on any atom is 0.174 e. The second-order valence-electron chi connectivity index (χ2n) is 7.28. The molecule has 0 amide bonds. The fourth-order valence-electron chi connectivity index (χ4n) is 5.67. The van der Waals surface area contributed by atoms with Crippen LogP contribution < -0.4 is 9.47 Å². The number of likely N-dealkylation sites (tertiary alicyclic amines) is 1. The van der Waals surface area contributed by atoms with E-state index in [9.17, 15) is 4.79 Å². The molecule has 0 aromatic heterocycles. The van der Waals surface area contributed by atoms with Crippen molar-refractivity contribution in [3.63, 3.8) is 0 Å². The van der Waals surface area contributed by atoms with Gasteiger partial charge in [0, 0.05) is 23.4 Å². The molecule has 116 valence electrons. The van der Waals surface area contributed by atoms with Gasteiger partial charge in [0.25, 0.3) is 0 Å². The summed E-state index contributed by atoms with van der Waals surface area (Å²) in [7, 11) is 3.91. The van der Waals surface area contributed by atoms with Crippen LogP contribution in [0.25, 0.3) is 0 Å². The Hall–Kier alpha value is -1.55. The summed E-state index contributed by atoms with van der Waals surface area (Å²) in [6.07, 6.45) is 3.47. The lowest BCUT2D eigenvalue weighted by molar-refractivity contribution is -0.138. The monoisotopic (exact) mass is 299 g/mol. The van der Waals surface area contributed by atoms with E-state index < -0.39 is 0 Å². The average Bonchev–Trinajstić information content (AvgIpc) is 2.88. The Balaban J connectivity index is 1.81. The van der Waals surface area contributed by atoms with Crippen molar-refractivity contribution in [3.05, 3.63) is 23.3 Å². The molecule has 0 radical (unpaired) electrons. The van der Waals surface area contributed by atoms with Gasteiger partial charge >= 0.3 is 0 Å². The van der Waals surface area contributed by atoms with E-state index in [2.05, 4.69) is 18.0 Å². The van der Waals surface area contributed by atoms with E-state index in [-0.39, 0.29) is 17.3 Å². The molecule has 5 rings (SSSR count). The van der Waals surface area contributed by atoms with Gasteiger partial charge in [-0.15, -0.1) is 0 Å². The summed E-state index contributed by atoms with van der Waals surface area (Å²) in [5, 5.41) is 0. The molecule has 2 aliphatic heterocycles.